The van der Waals surface area contributed by atoms with E-state index in [-0.39, 0.29) is 12.5 Å². The number of carbonyl (C=O) groups excluding carboxylic acids is 1. The second-order valence-corrected chi connectivity index (χ2v) is 6.24. The first-order valence-corrected chi connectivity index (χ1v) is 8.89. The Hall–Kier alpha value is -2.33. The van der Waals surface area contributed by atoms with Gasteiger partial charge in [-0.1, -0.05) is 61.3 Å². The van der Waals surface area contributed by atoms with E-state index < -0.39 is 0 Å². The quantitative estimate of drug-likeness (QED) is 0.528. The van der Waals surface area contributed by atoms with Gasteiger partial charge in [0.2, 0.25) is 0 Å². The Bertz CT molecular complexity index is 729. The molecule has 2 aromatic carbocycles. The molecule has 0 saturated carbocycles. The minimum absolute atomic E-state index is 0.139. The predicted octanol–water partition coefficient (Wildman–Crippen LogP) is 4.77. The van der Waals surface area contributed by atoms with Crippen molar-refractivity contribution in [2.75, 3.05) is 11.9 Å². The molecule has 0 aliphatic carbocycles. The van der Waals surface area contributed by atoms with Crippen LogP contribution in [0.25, 0.3) is 0 Å². The molecule has 4 nitrogen and oxygen atoms in total. The van der Waals surface area contributed by atoms with Gasteiger partial charge in [-0.15, -0.1) is 0 Å². The SMILES string of the molecule is CCCC/C(=N\NC(=O)CNc1cccc(Cl)c1C)c1ccccc1. The summed E-state index contributed by atoms with van der Waals surface area (Å²) in [6.07, 6.45) is 2.95. The van der Waals surface area contributed by atoms with Crippen molar-refractivity contribution in [3.63, 3.8) is 0 Å². The molecule has 5 heteroatoms. The van der Waals surface area contributed by atoms with Gasteiger partial charge in [-0.3, -0.25) is 4.79 Å². The summed E-state index contributed by atoms with van der Waals surface area (Å²) in [6, 6.07) is 15.5. The largest absolute Gasteiger partial charge is 0.376 e. The predicted molar refractivity (Wildman–Crippen MR) is 105 cm³/mol. The third kappa shape index (κ3) is 5.91. The van der Waals surface area contributed by atoms with Gasteiger partial charge in [0.15, 0.2) is 0 Å². The van der Waals surface area contributed by atoms with Crippen molar-refractivity contribution < 1.29 is 4.79 Å². The molecule has 0 aromatic heterocycles. The van der Waals surface area contributed by atoms with Crippen molar-refractivity contribution in [1.29, 1.82) is 0 Å². The Kier molecular flexibility index (Phi) is 7.48. The first kappa shape index (κ1) is 19.0. The van der Waals surface area contributed by atoms with Gasteiger partial charge in [-0.2, -0.15) is 5.10 Å². The van der Waals surface area contributed by atoms with E-state index in [4.69, 9.17) is 11.6 Å². The highest BCUT2D eigenvalue weighted by atomic mass is 35.5. The van der Waals surface area contributed by atoms with Gasteiger partial charge in [-0.25, -0.2) is 5.43 Å². The van der Waals surface area contributed by atoms with Crippen LogP contribution in [0.1, 0.15) is 37.3 Å². The van der Waals surface area contributed by atoms with E-state index in [1.54, 1.807) is 0 Å². The number of hydrogen-bond acceptors (Lipinski definition) is 3. The number of unbranched alkanes of at least 4 members (excludes halogenated alkanes) is 1. The number of hydrazone groups is 1. The van der Waals surface area contributed by atoms with Crippen LogP contribution in [0.3, 0.4) is 0 Å². The third-order valence-electron chi connectivity index (χ3n) is 3.90. The summed E-state index contributed by atoms with van der Waals surface area (Å²) < 4.78 is 0. The number of benzene rings is 2. The van der Waals surface area contributed by atoms with E-state index in [1.165, 1.54) is 0 Å². The van der Waals surface area contributed by atoms with Gasteiger partial charge in [0.1, 0.15) is 0 Å². The van der Waals surface area contributed by atoms with Crippen LogP contribution in [0.5, 0.6) is 0 Å². The van der Waals surface area contributed by atoms with E-state index >= 15 is 0 Å². The number of rotatable bonds is 8. The van der Waals surface area contributed by atoms with E-state index in [0.717, 1.165) is 41.8 Å². The molecule has 2 rings (SSSR count). The zero-order chi connectivity index (χ0) is 18.1. The number of nitrogens with zero attached hydrogens (tertiary/aromatic N) is 1. The zero-order valence-electron chi connectivity index (χ0n) is 14.7. The molecule has 0 bridgehead atoms. The van der Waals surface area contributed by atoms with E-state index in [1.807, 2.05) is 55.5 Å². The number of anilines is 1. The molecule has 2 aromatic rings. The standard InChI is InChI=1S/C20H24ClN3O/c1-3-4-12-19(16-9-6-5-7-10-16)23-24-20(25)14-22-18-13-8-11-17(21)15(18)2/h5-11,13,22H,3-4,12,14H2,1-2H3,(H,24,25)/b23-19+. The van der Waals surface area contributed by atoms with E-state index in [0.29, 0.717) is 5.02 Å². The highest BCUT2D eigenvalue weighted by Crippen LogP contribution is 2.22. The fourth-order valence-corrected chi connectivity index (χ4v) is 2.56. The van der Waals surface area contributed by atoms with Crippen LogP contribution in [-0.2, 0) is 4.79 Å². The second kappa shape index (κ2) is 9.84. The van der Waals surface area contributed by atoms with Crippen molar-refractivity contribution in [3.8, 4) is 0 Å². The summed E-state index contributed by atoms with van der Waals surface area (Å²) >= 11 is 6.09. The van der Waals surface area contributed by atoms with Gasteiger partial charge >= 0.3 is 0 Å². The molecule has 132 valence electrons. The Morgan fingerprint density at radius 2 is 1.88 bits per heavy atom. The first-order chi connectivity index (χ1) is 12.1. The smallest absolute Gasteiger partial charge is 0.259 e. The molecule has 0 saturated heterocycles. The van der Waals surface area contributed by atoms with Crippen LogP contribution in [-0.4, -0.2) is 18.2 Å². The van der Waals surface area contributed by atoms with Gasteiger partial charge in [-0.05, 0) is 43.0 Å². The van der Waals surface area contributed by atoms with E-state index in [9.17, 15) is 4.79 Å². The molecule has 0 spiro atoms. The molecule has 2 N–H and O–H groups in total. The molecular formula is C20H24ClN3O. The van der Waals surface area contributed by atoms with Crippen LogP contribution in [0.15, 0.2) is 53.6 Å². The molecular weight excluding hydrogens is 334 g/mol. The lowest BCUT2D eigenvalue weighted by Crippen LogP contribution is -2.27. The van der Waals surface area contributed by atoms with Gasteiger partial charge in [0.25, 0.3) is 5.91 Å². The fourth-order valence-electron chi connectivity index (χ4n) is 2.38. The summed E-state index contributed by atoms with van der Waals surface area (Å²) in [5.41, 5.74) is 6.36. The zero-order valence-corrected chi connectivity index (χ0v) is 15.4. The van der Waals surface area contributed by atoms with Crippen LogP contribution in [0.2, 0.25) is 5.02 Å². The molecule has 0 heterocycles. The Balaban J connectivity index is 1.97. The topological polar surface area (TPSA) is 53.5 Å². The monoisotopic (exact) mass is 357 g/mol. The number of hydrogen-bond donors (Lipinski definition) is 2. The Morgan fingerprint density at radius 1 is 1.12 bits per heavy atom. The van der Waals surface area contributed by atoms with Crippen molar-refractivity contribution in [2.24, 2.45) is 5.10 Å². The van der Waals surface area contributed by atoms with Crippen LogP contribution >= 0.6 is 11.6 Å². The van der Waals surface area contributed by atoms with Crippen LogP contribution in [0, 0.1) is 6.92 Å². The number of nitrogens with one attached hydrogen (secondary N) is 2. The van der Waals surface area contributed by atoms with Gasteiger partial charge in [0, 0.05) is 10.7 Å². The maximum absolute atomic E-state index is 12.1. The lowest BCUT2D eigenvalue weighted by molar-refractivity contribution is -0.119. The Labute approximate surface area is 154 Å². The van der Waals surface area contributed by atoms with Crippen molar-refractivity contribution in [3.05, 3.63) is 64.7 Å². The normalized spacial score (nSPS) is 11.2. The minimum atomic E-state index is -0.190. The maximum Gasteiger partial charge on any atom is 0.259 e. The molecule has 1 amide bonds. The number of halogens is 1. The molecule has 0 radical (unpaired) electrons. The minimum Gasteiger partial charge on any atom is -0.376 e. The fraction of sp³-hybridized carbons (Fsp3) is 0.300. The van der Waals surface area contributed by atoms with Gasteiger partial charge in [0.05, 0.1) is 12.3 Å². The van der Waals surface area contributed by atoms with Crippen LogP contribution in [0.4, 0.5) is 5.69 Å². The van der Waals surface area contributed by atoms with Crippen molar-refractivity contribution in [2.45, 2.75) is 33.1 Å². The molecule has 25 heavy (non-hydrogen) atoms. The Morgan fingerprint density at radius 3 is 2.60 bits per heavy atom. The summed E-state index contributed by atoms with van der Waals surface area (Å²) in [4.78, 5) is 12.1. The lowest BCUT2D eigenvalue weighted by atomic mass is 10.1. The first-order valence-electron chi connectivity index (χ1n) is 8.51. The summed E-state index contributed by atoms with van der Waals surface area (Å²) in [5, 5.41) is 8.10. The summed E-state index contributed by atoms with van der Waals surface area (Å²) in [7, 11) is 0. The maximum atomic E-state index is 12.1. The van der Waals surface area contributed by atoms with Crippen molar-refractivity contribution >= 4 is 28.9 Å². The van der Waals surface area contributed by atoms with Crippen molar-refractivity contribution in [1.82, 2.24) is 5.43 Å². The number of amides is 1. The van der Waals surface area contributed by atoms with Crippen LogP contribution < -0.4 is 10.7 Å². The number of carbonyl (C=O) groups is 1. The molecule has 0 fully saturated rings. The average molecular weight is 358 g/mol. The molecule has 0 aliphatic rings. The second-order valence-electron chi connectivity index (χ2n) is 5.83. The summed E-state index contributed by atoms with van der Waals surface area (Å²) in [5.74, 6) is -0.190. The van der Waals surface area contributed by atoms with E-state index in [2.05, 4.69) is 22.8 Å². The molecule has 0 aliphatic heterocycles. The average Bonchev–Trinajstić information content (AvgIpc) is 2.63. The highest BCUT2D eigenvalue weighted by Gasteiger charge is 2.07. The third-order valence-corrected chi connectivity index (χ3v) is 4.31. The summed E-state index contributed by atoms with van der Waals surface area (Å²) in [6.45, 7) is 4.19. The van der Waals surface area contributed by atoms with Gasteiger partial charge < -0.3 is 5.32 Å². The highest BCUT2D eigenvalue weighted by molar-refractivity contribution is 6.31. The molecule has 0 unspecified atom stereocenters. The lowest BCUT2D eigenvalue weighted by Gasteiger charge is -2.10. The molecule has 0 atom stereocenters.